The molecule has 1 aromatic heterocycles. The molecule has 0 aliphatic rings. The molecule has 0 fully saturated rings. The minimum atomic E-state index is -0.394. The normalized spacial score (nSPS) is 11.4. The van der Waals surface area contributed by atoms with Gasteiger partial charge >= 0.3 is 0 Å². The molecule has 33 heavy (non-hydrogen) atoms. The highest BCUT2D eigenvalue weighted by atomic mass is 35.5. The summed E-state index contributed by atoms with van der Waals surface area (Å²) in [5.74, 6) is -0.757. The summed E-state index contributed by atoms with van der Waals surface area (Å²) in [4.78, 5) is 29.0. The number of fused-ring (bicyclic) bond motifs is 1. The van der Waals surface area contributed by atoms with Crippen LogP contribution < -0.4 is 10.6 Å². The number of H-pyrrole nitrogens is 1. The summed E-state index contributed by atoms with van der Waals surface area (Å²) >= 11 is 12.2. The first kappa shape index (κ1) is 22.6. The highest BCUT2D eigenvalue weighted by Gasteiger charge is 2.15. The van der Waals surface area contributed by atoms with Crippen LogP contribution in [0.2, 0.25) is 10.0 Å². The van der Waals surface area contributed by atoms with Crippen LogP contribution in [-0.2, 0) is 11.2 Å². The van der Waals surface area contributed by atoms with Crippen molar-refractivity contribution in [3.05, 3.63) is 111 Å². The third-order valence-corrected chi connectivity index (χ3v) is 5.73. The second-order valence-corrected chi connectivity index (χ2v) is 8.25. The van der Waals surface area contributed by atoms with E-state index >= 15 is 0 Å². The number of hydrogen-bond donors (Lipinski definition) is 3. The van der Waals surface area contributed by atoms with Gasteiger partial charge < -0.3 is 15.6 Å². The van der Waals surface area contributed by atoms with Crippen LogP contribution in [-0.4, -0.2) is 23.3 Å². The second kappa shape index (κ2) is 10.4. The Morgan fingerprint density at radius 2 is 1.70 bits per heavy atom. The number of benzene rings is 3. The summed E-state index contributed by atoms with van der Waals surface area (Å²) in [5, 5.41) is 7.67. The molecule has 166 valence electrons. The standard InChI is InChI=1S/C26H21Cl2N3O2/c27-20-11-10-17(22(28)15-20)12-13-29-26(33)24(31-25(32)18-6-2-1-3-7-18)14-19-16-30-23-9-5-4-8-21(19)23/h1-11,14-16,30H,12-13H2,(H,29,33)(H,31,32)/b24-14-. The number of carbonyl (C=O) groups is 2. The van der Waals surface area contributed by atoms with Crippen LogP contribution in [0.5, 0.6) is 0 Å². The van der Waals surface area contributed by atoms with E-state index in [9.17, 15) is 9.59 Å². The molecular weight excluding hydrogens is 457 g/mol. The fraction of sp³-hybridized carbons (Fsp3) is 0.0769. The van der Waals surface area contributed by atoms with Crippen LogP contribution in [0.1, 0.15) is 21.5 Å². The number of halogens is 2. The Morgan fingerprint density at radius 3 is 2.48 bits per heavy atom. The maximum Gasteiger partial charge on any atom is 0.267 e. The summed E-state index contributed by atoms with van der Waals surface area (Å²) in [6.07, 6.45) is 4.00. The van der Waals surface area contributed by atoms with E-state index in [1.165, 1.54) is 0 Å². The number of nitrogens with one attached hydrogen (secondary N) is 3. The maximum atomic E-state index is 13.0. The van der Waals surface area contributed by atoms with Gasteiger partial charge in [-0.15, -0.1) is 0 Å². The lowest BCUT2D eigenvalue weighted by molar-refractivity contribution is -0.117. The third kappa shape index (κ3) is 5.64. The molecule has 0 radical (unpaired) electrons. The number of rotatable bonds is 7. The lowest BCUT2D eigenvalue weighted by Crippen LogP contribution is -2.35. The van der Waals surface area contributed by atoms with Crippen LogP contribution in [0.4, 0.5) is 0 Å². The van der Waals surface area contributed by atoms with E-state index in [0.29, 0.717) is 28.6 Å². The first-order chi connectivity index (χ1) is 16.0. The smallest absolute Gasteiger partial charge is 0.267 e. The van der Waals surface area contributed by atoms with Crippen molar-refractivity contribution in [2.45, 2.75) is 6.42 Å². The minimum absolute atomic E-state index is 0.149. The molecule has 0 spiro atoms. The Hall–Kier alpha value is -3.54. The van der Waals surface area contributed by atoms with Crippen molar-refractivity contribution in [1.82, 2.24) is 15.6 Å². The first-order valence-electron chi connectivity index (χ1n) is 10.4. The van der Waals surface area contributed by atoms with E-state index in [-0.39, 0.29) is 11.6 Å². The van der Waals surface area contributed by atoms with E-state index in [0.717, 1.165) is 22.0 Å². The molecule has 0 aliphatic carbocycles. The topological polar surface area (TPSA) is 74.0 Å². The van der Waals surface area contributed by atoms with E-state index in [2.05, 4.69) is 15.6 Å². The van der Waals surface area contributed by atoms with Gasteiger partial charge in [-0.1, -0.05) is 65.7 Å². The van der Waals surface area contributed by atoms with Crippen LogP contribution in [0.15, 0.2) is 84.7 Å². The maximum absolute atomic E-state index is 13.0. The predicted molar refractivity (Wildman–Crippen MR) is 133 cm³/mol. The molecule has 0 aliphatic heterocycles. The molecular formula is C26H21Cl2N3O2. The van der Waals surface area contributed by atoms with Gasteiger partial charge in [-0.3, -0.25) is 9.59 Å². The number of para-hydroxylation sites is 1. The highest BCUT2D eigenvalue weighted by Crippen LogP contribution is 2.22. The van der Waals surface area contributed by atoms with E-state index in [4.69, 9.17) is 23.2 Å². The van der Waals surface area contributed by atoms with E-state index in [1.54, 1.807) is 48.7 Å². The average Bonchev–Trinajstić information content (AvgIpc) is 3.23. The van der Waals surface area contributed by atoms with Gasteiger partial charge in [0.25, 0.3) is 11.8 Å². The van der Waals surface area contributed by atoms with Gasteiger partial charge in [0.05, 0.1) is 0 Å². The SMILES string of the molecule is O=C(NCCc1ccc(Cl)cc1Cl)/C(=C/c1c[nH]c2ccccc12)NC(=O)c1ccccc1. The highest BCUT2D eigenvalue weighted by molar-refractivity contribution is 6.35. The summed E-state index contributed by atoms with van der Waals surface area (Å²) in [6, 6.07) is 21.8. The van der Waals surface area contributed by atoms with E-state index in [1.807, 2.05) is 36.4 Å². The molecule has 4 aromatic rings. The minimum Gasteiger partial charge on any atom is -0.361 e. The molecule has 3 aromatic carbocycles. The molecule has 4 rings (SSSR count). The lowest BCUT2D eigenvalue weighted by Gasteiger charge is -2.12. The van der Waals surface area contributed by atoms with Crippen molar-refractivity contribution in [3.63, 3.8) is 0 Å². The number of hydrogen-bond acceptors (Lipinski definition) is 2. The molecule has 3 N–H and O–H groups in total. The molecule has 0 unspecified atom stereocenters. The number of carbonyl (C=O) groups excluding carboxylic acids is 2. The Morgan fingerprint density at radius 1 is 0.939 bits per heavy atom. The van der Waals surface area contributed by atoms with Crippen LogP contribution in [0.3, 0.4) is 0 Å². The van der Waals surface area contributed by atoms with Gasteiger partial charge in [0.15, 0.2) is 0 Å². The number of amides is 2. The molecule has 0 saturated carbocycles. The summed E-state index contributed by atoms with van der Waals surface area (Å²) in [6.45, 7) is 0.340. The zero-order valence-electron chi connectivity index (χ0n) is 17.6. The zero-order valence-corrected chi connectivity index (χ0v) is 19.1. The van der Waals surface area contributed by atoms with Crippen LogP contribution in [0, 0.1) is 0 Å². The number of aromatic nitrogens is 1. The van der Waals surface area contributed by atoms with Gasteiger partial charge in [-0.25, -0.2) is 0 Å². The van der Waals surface area contributed by atoms with E-state index < -0.39 is 5.91 Å². The third-order valence-electron chi connectivity index (χ3n) is 5.14. The summed E-state index contributed by atoms with van der Waals surface area (Å²) < 4.78 is 0. The molecule has 0 saturated heterocycles. The molecule has 5 nitrogen and oxygen atoms in total. The van der Waals surface area contributed by atoms with Crippen molar-refractivity contribution in [3.8, 4) is 0 Å². The summed E-state index contributed by atoms with van der Waals surface area (Å²) in [5.41, 5.74) is 3.22. The zero-order chi connectivity index (χ0) is 23.2. The summed E-state index contributed by atoms with van der Waals surface area (Å²) in [7, 11) is 0. The first-order valence-corrected chi connectivity index (χ1v) is 11.1. The van der Waals surface area contributed by atoms with Gasteiger partial charge in [-0.05, 0) is 48.4 Å². The van der Waals surface area contributed by atoms with Gasteiger partial charge in [0, 0.05) is 44.8 Å². The molecule has 2 amide bonds. The molecule has 1 heterocycles. The molecule has 0 atom stereocenters. The van der Waals surface area contributed by atoms with Gasteiger partial charge in [-0.2, -0.15) is 0 Å². The Balaban J connectivity index is 1.55. The van der Waals surface area contributed by atoms with Crippen molar-refractivity contribution >= 4 is 52.0 Å². The monoisotopic (exact) mass is 477 g/mol. The quantitative estimate of drug-likeness (QED) is 0.303. The number of aromatic amines is 1. The fourth-order valence-electron chi connectivity index (χ4n) is 3.44. The van der Waals surface area contributed by atoms with Crippen molar-refractivity contribution in [1.29, 1.82) is 0 Å². The predicted octanol–water partition coefficient (Wildman–Crippen LogP) is 5.60. The second-order valence-electron chi connectivity index (χ2n) is 7.41. The van der Waals surface area contributed by atoms with Crippen LogP contribution >= 0.6 is 23.2 Å². The van der Waals surface area contributed by atoms with Crippen molar-refractivity contribution in [2.75, 3.05) is 6.54 Å². The van der Waals surface area contributed by atoms with Gasteiger partial charge in [0.2, 0.25) is 0 Å². The van der Waals surface area contributed by atoms with Gasteiger partial charge in [0.1, 0.15) is 5.70 Å². The van der Waals surface area contributed by atoms with Crippen molar-refractivity contribution in [2.24, 2.45) is 0 Å². The molecule has 0 bridgehead atoms. The average molecular weight is 478 g/mol. The Kier molecular flexibility index (Phi) is 7.13. The van der Waals surface area contributed by atoms with Crippen LogP contribution in [0.25, 0.3) is 17.0 Å². The molecule has 7 heteroatoms. The largest absolute Gasteiger partial charge is 0.361 e. The van der Waals surface area contributed by atoms with Crippen molar-refractivity contribution < 1.29 is 9.59 Å². The Bertz CT molecular complexity index is 1330. The fourth-order valence-corrected chi connectivity index (χ4v) is 3.94. The Labute approximate surface area is 201 Å². The lowest BCUT2D eigenvalue weighted by atomic mass is 10.1.